The van der Waals surface area contributed by atoms with E-state index in [-0.39, 0.29) is 11.8 Å². The van der Waals surface area contributed by atoms with Crippen molar-refractivity contribution >= 4 is 67.3 Å². The van der Waals surface area contributed by atoms with Gasteiger partial charge in [0.2, 0.25) is 5.91 Å². The van der Waals surface area contributed by atoms with Gasteiger partial charge in [0.25, 0.3) is 5.91 Å². The van der Waals surface area contributed by atoms with Gasteiger partial charge in [-0.1, -0.05) is 12.1 Å². The van der Waals surface area contributed by atoms with Crippen LogP contribution in [0.3, 0.4) is 0 Å². The van der Waals surface area contributed by atoms with Crippen LogP contribution in [-0.4, -0.2) is 52.3 Å². The summed E-state index contributed by atoms with van der Waals surface area (Å²) in [5.74, 6) is 0.211. The average molecular weight is 588 g/mol. The van der Waals surface area contributed by atoms with E-state index in [1.54, 1.807) is 41.7 Å². The van der Waals surface area contributed by atoms with Gasteiger partial charge < -0.3 is 25.8 Å². The van der Waals surface area contributed by atoms with Crippen molar-refractivity contribution < 1.29 is 9.59 Å². The summed E-state index contributed by atoms with van der Waals surface area (Å²) in [5, 5.41) is 12.2. The molecule has 0 spiro atoms. The first-order chi connectivity index (χ1) is 20.9. The van der Waals surface area contributed by atoms with E-state index in [1.165, 1.54) is 6.08 Å². The van der Waals surface area contributed by atoms with Gasteiger partial charge in [0, 0.05) is 64.2 Å². The number of nitrogens with zero attached hydrogens (tertiary/aromatic N) is 3. The minimum Gasteiger partial charge on any atom is -0.346 e. The average Bonchev–Trinajstić information content (AvgIpc) is 3.66. The van der Waals surface area contributed by atoms with Gasteiger partial charge >= 0.3 is 0 Å². The number of likely N-dealkylation sites (N-methyl/N-ethyl adjacent to an activating group) is 1. The van der Waals surface area contributed by atoms with Crippen LogP contribution in [0.5, 0.6) is 0 Å². The molecule has 0 aliphatic heterocycles. The van der Waals surface area contributed by atoms with Crippen molar-refractivity contribution in [1.82, 2.24) is 19.9 Å². The Balaban J connectivity index is 1.15. The fourth-order valence-electron chi connectivity index (χ4n) is 4.61. The number of carbonyl (C=O) groups is 2. The largest absolute Gasteiger partial charge is 0.346 e. The van der Waals surface area contributed by atoms with Crippen LogP contribution in [-0.2, 0) is 4.79 Å². The lowest BCUT2D eigenvalue weighted by atomic mass is 10.1. The van der Waals surface area contributed by atoms with Crippen molar-refractivity contribution in [2.24, 2.45) is 0 Å². The predicted molar refractivity (Wildman–Crippen MR) is 175 cm³/mol. The lowest BCUT2D eigenvalue weighted by molar-refractivity contribution is -0.111. The third-order valence-electron chi connectivity index (χ3n) is 6.67. The molecule has 0 fully saturated rings. The van der Waals surface area contributed by atoms with Gasteiger partial charge in [0.1, 0.15) is 11.5 Å². The molecule has 6 aromatic rings. The third kappa shape index (κ3) is 6.61. The van der Waals surface area contributed by atoms with Crippen LogP contribution in [0.25, 0.3) is 32.4 Å². The van der Waals surface area contributed by atoms with Crippen molar-refractivity contribution in [2.75, 3.05) is 36.6 Å². The molecule has 2 aromatic carbocycles. The molecule has 10 heteroatoms. The van der Waals surface area contributed by atoms with Gasteiger partial charge in [-0.2, -0.15) is 0 Å². The molecule has 0 aliphatic rings. The SMILES string of the molecule is CN(C)C/C=C/C(=O)Nc1ccc(C(=O)Nc2cccc(Nc3cc(-c4cnc5[nH]ccc5c4)c4sccc4n3)c2)cc1. The summed E-state index contributed by atoms with van der Waals surface area (Å²) < 4.78 is 1.09. The van der Waals surface area contributed by atoms with Crippen LogP contribution in [0.15, 0.2) is 103 Å². The summed E-state index contributed by atoms with van der Waals surface area (Å²) in [6.07, 6.45) is 7.04. The molecule has 0 bridgehead atoms. The lowest BCUT2D eigenvalue weighted by Crippen LogP contribution is -2.13. The first-order valence-electron chi connectivity index (χ1n) is 13.6. The van der Waals surface area contributed by atoms with E-state index >= 15 is 0 Å². The third-order valence-corrected chi connectivity index (χ3v) is 7.61. The molecular weight excluding hydrogens is 558 g/mol. The zero-order chi connectivity index (χ0) is 29.8. The number of pyridine rings is 2. The number of rotatable bonds is 9. The van der Waals surface area contributed by atoms with Crippen LogP contribution >= 0.6 is 11.3 Å². The number of nitrogens with one attached hydrogen (secondary N) is 4. The first-order valence-corrected chi connectivity index (χ1v) is 14.5. The summed E-state index contributed by atoms with van der Waals surface area (Å²) in [4.78, 5) is 39.5. The standard InChI is InChI=1S/C33H29N7O2S/c1-40(2)15-4-7-30(41)37-24-10-8-21(9-11-24)33(42)38-26-6-3-5-25(18-26)36-29-19-27(31-28(39-29)13-16-43-31)23-17-22-12-14-34-32(22)35-20-23/h3-14,16-20H,15H2,1-2H3,(H,34,35)(H,36,39)(H,37,41)(H,38,42)/b7-4+. The minimum absolute atomic E-state index is 0.221. The number of aromatic amines is 1. The highest BCUT2D eigenvalue weighted by Crippen LogP contribution is 2.35. The Labute approximate surface area is 252 Å². The molecule has 0 atom stereocenters. The minimum atomic E-state index is -0.256. The van der Waals surface area contributed by atoms with Crippen LogP contribution in [0.1, 0.15) is 10.4 Å². The van der Waals surface area contributed by atoms with Crippen LogP contribution < -0.4 is 16.0 Å². The van der Waals surface area contributed by atoms with Crippen LogP contribution in [0.4, 0.5) is 22.9 Å². The number of anilines is 4. The quantitative estimate of drug-likeness (QED) is 0.137. The maximum Gasteiger partial charge on any atom is 0.255 e. The summed E-state index contributed by atoms with van der Waals surface area (Å²) in [6, 6.07) is 22.4. The van der Waals surface area contributed by atoms with Gasteiger partial charge in [-0.25, -0.2) is 9.97 Å². The predicted octanol–water partition coefficient (Wildman–Crippen LogP) is 6.89. The molecule has 0 saturated carbocycles. The maximum atomic E-state index is 13.0. The maximum absolute atomic E-state index is 13.0. The Bertz CT molecular complexity index is 1960. The number of aromatic nitrogens is 3. The number of benzene rings is 2. The van der Waals surface area contributed by atoms with E-state index in [0.717, 1.165) is 38.1 Å². The first kappa shape index (κ1) is 27.8. The Morgan fingerprint density at radius 3 is 2.63 bits per heavy atom. The molecule has 6 rings (SSSR count). The van der Waals surface area contributed by atoms with Crippen molar-refractivity contribution in [3.63, 3.8) is 0 Å². The summed E-state index contributed by atoms with van der Waals surface area (Å²) >= 11 is 1.65. The van der Waals surface area contributed by atoms with E-state index < -0.39 is 0 Å². The molecule has 43 heavy (non-hydrogen) atoms. The summed E-state index contributed by atoms with van der Waals surface area (Å²) in [7, 11) is 3.86. The van der Waals surface area contributed by atoms with Crippen molar-refractivity contribution in [3.05, 3.63) is 108 Å². The summed E-state index contributed by atoms with van der Waals surface area (Å²) in [5.41, 5.74) is 6.31. The Kier molecular flexibility index (Phi) is 7.94. The number of hydrogen-bond acceptors (Lipinski definition) is 7. The van der Waals surface area contributed by atoms with Gasteiger partial charge in [0.05, 0.1) is 10.2 Å². The Morgan fingerprint density at radius 2 is 1.79 bits per heavy atom. The molecule has 214 valence electrons. The topological polar surface area (TPSA) is 115 Å². The van der Waals surface area contributed by atoms with E-state index in [1.807, 2.05) is 79.2 Å². The molecule has 4 N–H and O–H groups in total. The van der Waals surface area contributed by atoms with Crippen LogP contribution in [0.2, 0.25) is 0 Å². The van der Waals surface area contributed by atoms with Gasteiger partial charge in [0.15, 0.2) is 0 Å². The van der Waals surface area contributed by atoms with Gasteiger partial charge in [-0.3, -0.25) is 9.59 Å². The zero-order valence-corrected chi connectivity index (χ0v) is 24.4. The second kappa shape index (κ2) is 12.3. The number of carbonyl (C=O) groups excluding carboxylic acids is 2. The number of fused-ring (bicyclic) bond motifs is 2. The molecular formula is C33H29N7O2S. The molecule has 0 radical (unpaired) electrons. The van der Waals surface area contributed by atoms with Crippen molar-refractivity contribution in [1.29, 1.82) is 0 Å². The molecule has 4 aromatic heterocycles. The van der Waals surface area contributed by atoms with Gasteiger partial charge in [-0.15, -0.1) is 11.3 Å². The fraction of sp³-hybridized carbons (Fsp3) is 0.0909. The fourth-order valence-corrected chi connectivity index (χ4v) is 5.48. The highest BCUT2D eigenvalue weighted by Gasteiger charge is 2.12. The molecule has 0 aliphatic carbocycles. The number of hydrogen-bond donors (Lipinski definition) is 4. The molecule has 4 heterocycles. The number of thiophene rings is 1. The van der Waals surface area contributed by atoms with E-state index in [0.29, 0.717) is 29.3 Å². The normalized spacial score (nSPS) is 11.4. The molecule has 0 unspecified atom stereocenters. The highest BCUT2D eigenvalue weighted by molar-refractivity contribution is 7.17. The molecule has 0 saturated heterocycles. The molecule has 2 amide bonds. The monoisotopic (exact) mass is 587 g/mol. The second-order valence-electron chi connectivity index (χ2n) is 10.2. The van der Waals surface area contributed by atoms with Crippen molar-refractivity contribution in [3.8, 4) is 11.1 Å². The van der Waals surface area contributed by atoms with E-state index in [4.69, 9.17) is 4.98 Å². The highest BCUT2D eigenvalue weighted by atomic mass is 32.1. The van der Waals surface area contributed by atoms with E-state index in [9.17, 15) is 9.59 Å². The Hall–Kier alpha value is -5.32. The number of amides is 2. The zero-order valence-electron chi connectivity index (χ0n) is 23.6. The summed E-state index contributed by atoms with van der Waals surface area (Å²) in [6.45, 7) is 0.674. The lowest BCUT2D eigenvalue weighted by Gasteiger charge is -2.12. The van der Waals surface area contributed by atoms with Crippen LogP contribution in [0, 0.1) is 0 Å². The van der Waals surface area contributed by atoms with E-state index in [2.05, 4.69) is 32.0 Å². The Morgan fingerprint density at radius 1 is 0.953 bits per heavy atom. The molecule has 9 nitrogen and oxygen atoms in total. The van der Waals surface area contributed by atoms with Gasteiger partial charge in [-0.05, 0) is 86.2 Å². The second-order valence-corrected chi connectivity index (χ2v) is 11.1. The number of H-pyrrole nitrogens is 1. The van der Waals surface area contributed by atoms with Crippen molar-refractivity contribution in [2.45, 2.75) is 0 Å². The smallest absolute Gasteiger partial charge is 0.255 e.